The van der Waals surface area contributed by atoms with Gasteiger partial charge in [0.15, 0.2) is 6.61 Å². The van der Waals surface area contributed by atoms with Crippen LogP contribution in [0.15, 0.2) is 66.0 Å². The van der Waals surface area contributed by atoms with Crippen LogP contribution in [0.4, 0.5) is 11.4 Å². The lowest BCUT2D eigenvalue weighted by Crippen LogP contribution is -2.49. The Labute approximate surface area is 209 Å². The summed E-state index contributed by atoms with van der Waals surface area (Å²) < 4.78 is 5.69. The van der Waals surface area contributed by atoms with Crippen LogP contribution in [0.2, 0.25) is 0 Å². The Morgan fingerprint density at radius 3 is 2.20 bits per heavy atom. The molecular formula is C27H29N3O4S. The number of carbonyl (C=O) groups excluding carboxylic acids is 3. The molecule has 2 N–H and O–H groups in total. The molecule has 7 nitrogen and oxygen atoms in total. The minimum atomic E-state index is -0.287. The lowest BCUT2D eigenvalue weighted by molar-refractivity contribution is -0.139. The first kappa shape index (κ1) is 24.5. The van der Waals surface area contributed by atoms with Gasteiger partial charge in [0.05, 0.1) is 4.88 Å². The second-order valence-corrected chi connectivity index (χ2v) is 9.66. The van der Waals surface area contributed by atoms with Gasteiger partial charge in [-0.1, -0.05) is 12.1 Å². The van der Waals surface area contributed by atoms with E-state index in [1.807, 2.05) is 16.3 Å². The van der Waals surface area contributed by atoms with E-state index in [1.165, 1.54) is 11.3 Å². The van der Waals surface area contributed by atoms with Crippen LogP contribution < -0.4 is 15.4 Å². The number of ether oxygens (including phenoxy) is 1. The molecule has 1 aliphatic heterocycles. The number of hydrogen-bond acceptors (Lipinski definition) is 5. The van der Waals surface area contributed by atoms with Crippen LogP contribution >= 0.6 is 11.3 Å². The van der Waals surface area contributed by atoms with Gasteiger partial charge in [0.1, 0.15) is 5.75 Å². The van der Waals surface area contributed by atoms with Crippen molar-refractivity contribution >= 4 is 40.4 Å². The van der Waals surface area contributed by atoms with Gasteiger partial charge in [0, 0.05) is 29.0 Å². The lowest BCUT2D eigenvalue weighted by atomic mass is 9.97. The first-order valence-electron chi connectivity index (χ1n) is 11.7. The summed E-state index contributed by atoms with van der Waals surface area (Å²) in [5.41, 5.74) is 1.61. The number of likely N-dealkylation sites (tertiary alicyclic amines) is 1. The smallest absolute Gasteiger partial charge is 0.265 e. The van der Waals surface area contributed by atoms with Crippen molar-refractivity contribution in [2.45, 2.75) is 45.2 Å². The molecule has 182 valence electrons. The van der Waals surface area contributed by atoms with Gasteiger partial charge in [-0.25, -0.2) is 0 Å². The van der Waals surface area contributed by atoms with Crippen molar-refractivity contribution in [3.8, 4) is 5.75 Å². The Kier molecular flexibility index (Phi) is 7.82. The quantitative estimate of drug-likeness (QED) is 0.462. The highest BCUT2D eigenvalue weighted by Crippen LogP contribution is 2.23. The van der Waals surface area contributed by atoms with E-state index < -0.39 is 0 Å². The fourth-order valence-electron chi connectivity index (χ4n) is 4.31. The van der Waals surface area contributed by atoms with Crippen LogP contribution in [0.25, 0.3) is 0 Å². The summed E-state index contributed by atoms with van der Waals surface area (Å²) in [6, 6.07) is 17.7. The Morgan fingerprint density at radius 2 is 1.57 bits per heavy atom. The number of benzene rings is 2. The molecule has 2 atom stereocenters. The van der Waals surface area contributed by atoms with Crippen molar-refractivity contribution in [2.24, 2.45) is 0 Å². The van der Waals surface area contributed by atoms with Crippen molar-refractivity contribution in [1.29, 1.82) is 0 Å². The molecule has 2 unspecified atom stereocenters. The van der Waals surface area contributed by atoms with Crippen molar-refractivity contribution in [1.82, 2.24) is 4.90 Å². The third-order valence-corrected chi connectivity index (χ3v) is 6.95. The van der Waals surface area contributed by atoms with Gasteiger partial charge in [-0.05, 0) is 87.0 Å². The zero-order valence-electron chi connectivity index (χ0n) is 19.8. The molecule has 4 rings (SSSR count). The first-order valence-corrected chi connectivity index (χ1v) is 12.6. The molecule has 3 amide bonds. The van der Waals surface area contributed by atoms with E-state index in [0.717, 1.165) is 19.3 Å². The summed E-state index contributed by atoms with van der Waals surface area (Å²) in [6.45, 7) is 4.13. The van der Waals surface area contributed by atoms with Gasteiger partial charge in [0.25, 0.3) is 17.7 Å². The maximum absolute atomic E-state index is 12.7. The second kappa shape index (κ2) is 11.2. The van der Waals surface area contributed by atoms with E-state index >= 15 is 0 Å². The molecular weight excluding hydrogens is 462 g/mol. The van der Waals surface area contributed by atoms with Gasteiger partial charge in [-0.15, -0.1) is 11.3 Å². The standard InChI is InChI=1S/C27H29N3O4S/c1-18-6-3-7-19(2)30(18)25(31)17-34-23-13-11-20(12-14-23)26(32)28-21-8-4-9-22(16-21)29-27(33)24-10-5-15-35-24/h4-5,8-16,18-19H,3,6-7,17H2,1-2H3,(H,28,32)(H,29,33). The van der Waals surface area contributed by atoms with Gasteiger partial charge in [-0.3, -0.25) is 14.4 Å². The molecule has 0 saturated carbocycles. The number of nitrogens with zero attached hydrogens (tertiary/aromatic N) is 1. The lowest BCUT2D eigenvalue weighted by Gasteiger charge is -2.38. The second-order valence-electron chi connectivity index (χ2n) is 8.71. The van der Waals surface area contributed by atoms with E-state index in [-0.39, 0.29) is 36.4 Å². The molecule has 1 aliphatic rings. The van der Waals surface area contributed by atoms with Gasteiger partial charge < -0.3 is 20.3 Å². The average Bonchev–Trinajstić information content (AvgIpc) is 3.38. The number of rotatable bonds is 7. The predicted molar refractivity (Wildman–Crippen MR) is 138 cm³/mol. The number of thiophene rings is 1. The molecule has 8 heteroatoms. The number of anilines is 2. The summed E-state index contributed by atoms with van der Waals surface area (Å²) in [7, 11) is 0. The minimum Gasteiger partial charge on any atom is -0.484 e. The van der Waals surface area contributed by atoms with Crippen LogP contribution in [0, 0.1) is 0 Å². The monoisotopic (exact) mass is 491 g/mol. The van der Waals surface area contributed by atoms with Crippen LogP contribution in [0.5, 0.6) is 5.75 Å². The number of piperidine rings is 1. The molecule has 2 heterocycles. The SMILES string of the molecule is CC1CCCC(C)N1C(=O)COc1ccc(C(=O)Nc2cccc(NC(=O)c3cccs3)c2)cc1. The number of carbonyl (C=O) groups is 3. The van der Waals surface area contributed by atoms with Crippen LogP contribution in [-0.4, -0.2) is 41.3 Å². The van der Waals surface area contributed by atoms with E-state index in [9.17, 15) is 14.4 Å². The van der Waals surface area contributed by atoms with Crippen LogP contribution in [0.3, 0.4) is 0 Å². The number of hydrogen-bond donors (Lipinski definition) is 2. The first-order chi connectivity index (χ1) is 16.9. The molecule has 0 radical (unpaired) electrons. The molecule has 1 saturated heterocycles. The minimum absolute atomic E-state index is 0.0161. The Hall–Kier alpha value is -3.65. The molecule has 3 aromatic rings. The van der Waals surface area contributed by atoms with E-state index in [0.29, 0.717) is 27.6 Å². The van der Waals surface area contributed by atoms with Crippen LogP contribution in [0.1, 0.15) is 53.1 Å². The van der Waals surface area contributed by atoms with E-state index in [4.69, 9.17) is 4.74 Å². The maximum atomic E-state index is 12.7. The molecule has 1 fully saturated rings. The van der Waals surface area contributed by atoms with Gasteiger partial charge in [0.2, 0.25) is 0 Å². The Morgan fingerprint density at radius 1 is 0.914 bits per heavy atom. The van der Waals surface area contributed by atoms with Crippen molar-refractivity contribution < 1.29 is 19.1 Å². The summed E-state index contributed by atoms with van der Waals surface area (Å²) in [5, 5.41) is 7.51. The molecule has 1 aromatic heterocycles. The van der Waals surface area contributed by atoms with Crippen molar-refractivity contribution in [3.05, 3.63) is 76.5 Å². The third-order valence-electron chi connectivity index (χ3n) is 6.08. The molecule has 35 heavy (non-hydrogen) atoms. The third kappa shape index (κ3) is 6.27. The normalized spacial score (nSPS) is 17.5. The van der Waals surface area contributed by atoms with Crippen LogP contribution in [-0.2, 0) is 4.79 Å². The summed E-state index contributed by atoms with van der Waals surface area (Å²) in [6.07, 6.45) is 3.18. The van der Waals surface area contributed by atoms with Gasteiger partial charge >= 0.3 is 0 Å². The largest absolute Gasteiger partial charge is 0.484 e. The molecule has 0 spiro atoms. The summed E-state index contributed by atoms with van der Waals surface area (Å²) in [4.78, 5) is 40.1. The highest BCUT2D eigenvalue weighted by atomic mass is 32.1. The predicted octanol–water partition coefficient (Wildman–Crippen LogP) is 5.42. The summed E-state index contributed by atoms with van der Waals surface area (Å²) >= 11 is 1.36. The van der Waals surface area contributed by atoms with Gasteiger partial charge in [-0.2, -0.15) is 0 Å². The zero-order valence-corrected chi connectivity index (χ0v) is 20.6. The topological polar surface area (TPSA) is 87.7 Å². The number of nitrogens with one attached hydrogen (secondary N) is 2. The fourth-order valence-corrected chi connectivity index (χ4v) is 4.93. The Bertz CT molecular complexity index is 1170. The fraction of sp³-hybridized carbons (Fsp3) is 0.296. The number of amides is 3. The Balaban J connectivity index is 1.31. The molecule has 0 aliphatic carbocycles. The van der Waals surface area contributed by atoms with Crippen molar-refractivity contribution in [2.75, 3.05) is 17.2 Å². The zero-order chi connectivity index (χ0) is 24.8. The maximum Gasteiger partial charge on any atom is 0.265 e. The average molecular weight is 492 g/mol. The summed E-state index contributed by atoms with van der Waals surface area (Å²) in [5.74, 6) is 0.0372. The van der Waals surface area contributed by atoms with Crippen molar-refractivity contribution in [3.63, 3.8) is 0 Å². The highest BCUT2D eigenvalue weighted by Gasteiger charge is 2.29. The van der Waals surface area contributed by atoms with E-state index in [2.05, 4.69) is 24.5 Å². The van der Waals surface area contributed by atoms with E-state index in [1.54, 1.807) is 54.6 Å². The highest BCUT2D eigenvalue weighted by molar-refractivity contribution is 7.12. The molecule has 2 aromatic carbocycles. The molecule has 0 bridgehead atoms.